The first kappa shape index (κ1) is 13.2. The number of nitrogens with one attached hydrogen (secondary N) is 2. The Labute approximate surface area is 110 Å². The number of rotatable bonds is 4. The lowest BCUT2D eigenvalue weighted by molar-refractivity contribution is 0.0693. The topological polar surface area (TPSA) is 98.7 Å². The molecule has 0 radical (unpaired) electrons. The summed E-state index contributed by atoms with van der Waals surface area (Å²) in [5.74, 6) is -1.57. The smallest absolute Gasteiger partial charge is 0.339 e. The molecule has 0 aromatic heterocycles. The van der Waals surface area contributed by atoms with E-state index >= 15 is 0 Å². The number of benzene rings is 1. The van der Waals surface area contributed by atoms with Gasteiger partial charge in [-0.1, -0.05) is 6.92 Å². The van der Waals surface area contributed by atoms with Gasteiger partial charge in [0.15, 0.2) is 0 Å². The molecule has 1 aromatic rings. The molecule has 1 saturated carbocycles. The highest BCUT2D eigenvalue weighted by Crippen LogP contribution is 2.44. The maximum absolute atomic E-state index is 11.6. The van der Waals surface area contributed by atoms with Gasteiger partial charge in [-0.05, 0) is 36.5 Å². The lowest BCUT2D eigenvalue weighted by Gasteiger charge is -2.11. The molecular formula is C13H16N2O4. The summed E-state index contributed by atoms with van der Waals surface area (Å²) < 4.78 is 0. The summed E-state index contributed by atoms with van der Waals surface area (Å²) in [4.78, 5) is 22.5. The van der Waals surface area contributed by atoms with E-state index in [-0.39, 0.29) is 22.8 Å². The molecule has 2 amide bonds. The molecule has 0 aliphatic heterocycles. The summed E-state index contributed by atoms with van der Waals surface area (Å²) in [5.41, 5.74) is 0.291. The Morgan fingerprint density at radius 1 is 1.37 bits per heavy atom. The van der Waals surface area contributed by atoms with Crippen molar-refractivity contribution in [3.05, 3.63) is 23.8 Å². The summed E-state index contributed by atoms with van der Waals surface area (Å²) in [6.07, 6.45) is 2.21. The van der Waals surface area contributed by atoms with Gasteiger partial charge >= 0.3 is 12.0 Å². The van der Waals surface area contributed by atoms with Crippen molar-refractivity contribution in [2.45, 2.75) is 19.8 Å². The Balaban J connectivity index is 1.96. The zero-order valence-electron chi connectivity index (χ0n) is 10.6. The van der Waals surface area contributed by atoms with Crippen LogP contribution in [0.1, 0.15) is 30.1 Å². The number of aromatic carboxylic acids is 1. The predicted molar refractivity (Wildman–Crippen MR) is 69.4 cm³/mol. The number of phenols is 1. The fraction of sp³-hybridized carbons (Fsp3) is 0.385. The highest BCUT2D eigenvalue weighted by atomic mass is 16.4. The van der Waals surface area contributed by atoms with Crippen LogP contribution in [-0.4, -0.2) is 28.8 Å². The molecule has 19 heavy (non-hydrogen) atoms. The van der Waals surface area contributed by atoms with Crippen LogP contribution in [-0.2, 0) is 0 Å². The third-order valence-electron chi connectivity index (χ3n) is 3.26. The van der Waals surface area contributed by atoms with Gasteiger partial charge in [-0.15, -0.1) is 0 Å². The first-order valence-corrected chi connectivity index (χ1v) is 6.01. The zero-order valence-corrected chi connectivity index (χ0v) is 10.6. The number of carbonyl (C=O) groups is 2. The van der Waals surface area contributed by atoms with Crippen molar-refractivity contribution in [2.75, 3.05) is 11.9 Å². The lowest BCUT2D eigenvalue weighted by atomic mass is 10.1. The monoisotopic (exact) mass is 264 g/mol. The molecule has 6 nitrogen and oxygen atoms in total. The predicted octanol–water partition coefficient (Wildman–Crippen LogP) is 2.01. The summed E-state index contributed by atoms with van der Waals surface area (Å²) in [6, 6.07) is 3.52. The molecule has 1 aliphatic carbocycles. The van der Waals surface area contributed by atoms with Gasteiger partial charge in [0.25, 0.3) is 0 Å². The number of carboxylic acid groups (broad SMARTS) is 1. The Hall–Kier alpha value is -2.24. The minimum absolute atomic E-state index is 0.207. The van der Waals surface area contributed by atoms with Crippen molar-refractivity contribution >= 4 is 17.7 Å². The van der Waals surface area contributed by atoms with E-state index in [1.165, 1.54) is 18.2 Å². The quantitative estimate of drug-likeness (QED) is 0.625. The van der Waals surface area contributed by atoms with E-state index in [0.717, 1.165) is 12.8 Å². The van der Waals surface area contributed by atoms with Crippen molar-refractivity contribution in [3.63, 3.8) is 0 Å². The standard InChI is InChI=1S/C13H16N2O4/c1-13(4-5-13)7-14-12(19)15-8-2-3-10(16)9(6-8)11(17)18/h2-3,6,16H,4-5,7H2,1H3,(H,17,18)(H2,14,15,19). The van der Waals surface area contributed by atoms with Crippen LogP contribution in [0.2, 0.25) is 0 Å². The van der Waals surface area contributed by atoms with Crippen molar-refractivity contribution in [1.82, 2.24) is 5.32 Å². The van der Waals surface area contributed by atoms with Gasteiger partial charge < -0.3 is 20.8 Å². The van der Waals surface area contributed by atoms with Gasteiger partial charge in [0.05, 0.1) is 0 Å². The van der Waals surface area contributed by atoms with Crippen molar-refractivity contribution in [3.8, 4) is 5.75 Å². The number of carbonyl (C=O) groups excluding carboxylic acids is 1. The van der Waals surface area contributed by atoms with Crippen LogP contribution in [0.4, 0.5) is 10.5 Å². The number of amides is 2. The van der Waals surface area contributed by atoms with E-state index in [2.05, 4.69) is 17.6 Å². The Kier molecular flexibility index (Phi) is 3.33. The highest BCUT2D eigenvalue weighted by Gasteiger charge is 2.37. The average molecular weight is 264 g/mol. The molecule has 0 spiro atoms. The minimum Gasteiger partial charge on any atom is -0.507 e. The average Bonchev–Trinajstić information content (AvgIpc) is 3.08. The number of hydrogen-bond donors (Lipinski definition) is 4. The second-order valence-corrected chi connectivity index (χ2v) is 5.16. The van der Waals surface area contributed by atoms with Crippen molar-refractivity contribution < 1.29 is 19.8 Å². The third kappa shape index (κ3) is 3.37. The molecule has 1 aromatic carbocycles. The first-order valence-electron chi connectivity index (χ1n) is 6.01. The summed E-state index contributed by atoms with van der Waals surface area (Å²) in [5, 5.41) is 23.5. The van der Waals surface area contributed by atoms with Gasteiger partial charge in [-0.3, -0.25) is 0 Å². The Bertz CT molecular complexity index is 523. The molecule has 0 unspecified atom stereocenters. The number of anilines is 1. The summed E-state index contributed by atoms with van der Waals surface area (Å²) in [6.45, 7) is 2.69. The normalized spacial score (nSPS) is 15.6. The second kappa shape index (κ2) is 4.79. The maximum atomic E-state index is 11.6. The fourth-order valence-corrected chi connectivity index (χ4v) is 1.64. The van der Waals surface area contributed by atoms with Crippen LogP contribution in [0.15, 0.2) is 18.2 Å². The molecule has 0 heterocycles. The largest absolute Gasteiger partial charge is 0.507 e. The summed E-state index contributed by atoms with van der Waals surface area (Å²) >= 11 is 0. The number of urea groups is 1. The molecule has 6 heteroatoms. The lowest BCUT2D eigenvalue weighted by Crippen LogP contribution is -2.32. The molecule has 2 rings (SSSR count). The Morgan fingerprint density at radius 3 is 2.63 bits per heavy atom. The molecular weight excluding hydrogens is 248 g/mol. The Morgan fingerprint density at radius 2 is 2.05 bits per heavy atom. The first-order chi connectivity index (χ1) is 8.89. The van der Waals surface area contributed by atoms with Gasteiger partial charge in [0, 0.05) is 12.2 Å². The van der Waals surface area contributed by atoms with E-state index in [0.29, 0.717) is 12.2 Å². The van der Waals surface area contributed by atoms with E-state index in [1.54, 1.807) is 0 Å². The van der Waals surface area contributed by atoms with Crippen molar-refractivity contribution in [1.29, 1.82) is 0 Å². The number of carboxylic acids is 1. The van der Waals surface area contributed by atoms with Gasteiger partial charge in [-0.25, -0.2) is 9.59 Å². The van der Waals surface area contributed by atoms with Crippen molar-refractivity contribution in [2.24, 2.45) is 5.41 Å². The maximum Gasteiger partial charge on any atom is 0.339 e. The zero-order chi connectivity index (χ0) is 14.0. The molecule has 102 valence electrons. The van der Waals surface area contributed by atoms with Gasteiger partial charge in [-0.2, -0.15) is 0 Å². The summed E-state index contributed by atoms with van der Waals surface area (Å²) in [7, 11) is 0. The van der Waals surface area contributed by atoms with E-state index in [1.807, 2.05) is 0 Å². The van der Waals surface area contributed by atoms with Gasteiger partial charge in [0.1, 0.15) is 11.3 Å². The van der Waals surface area contributed by atoms with Crippen LogP contribution < -0.4 is 10.6 Å². The highest BCUT2D eigenvalue weighted by molar-refractivity contribution is 5.95. The molecule has 4 N–H and O–H groups in total. The molecule has 1 aliphatic rings. The van der Waals surface area contributed by atoms with E-state index in [9.17, 15) is 14.7 Å². The number of aromatic hydroxyl groups is 1. The van der Waals surface area contributed by atoms with Crippen LogP contribution in [0.25, 0.3) is 0 Å². The van der Waals surface area contributed by atoms with E-state index < -0.39 is 5.97 Å². The SMILES string of the molecule is CC1(CNC(=O)Nc2ccc(O)c(C(=O)O)c2)CC1. The van der Waals surface area contributed by atoms with Crippen LogP contribution in [0.3, 0.4) is 0 Å². The molecule has 0 bridgehead atoms. The second-order valence-electron chi connectivity index (χ2n) is 5.16. The fourth-order valence-electron chi connectivity index (χ4n) is 1.64. The van der Waals surface area contributed by atoms with Gasteiger partial charge in [0.2, 0.25) is 0 Å². The third-order valence-corrected chi connectivity index (χ3v) is 3.26. The van der Waals surface area contributed by atoms with Crippen LogP contribution >= 0.6 is 0 Å². The van der Waals surface area contributed by atoms with E-state index in [4.69, 9.17) is 5.11 Å². The molecule has 0 saturated heterocycles. The molecule has 1 fully saturated rings. The number of hydrogen-bond acceptors (Lipinski definition) is 3. The van der Waals surface area contributed by atoms with Crippen LogP contribution in [0.5, 0.6) is 5.75 Å². The minimum atomic E-state index is -1.24. The van der Waals surface area contributed by atoms with Crippen LogP contribution in [0, 0.1) is 5.41 Å². The molecule has 0 atom stereocenters.